The van der Waals surface area contributed by atoms with E-state index < -0.39 is 15.8 Å². The van der Waals surface area contributed by atoms with Crippen LogP contribution in [-0.4, -0.2) is 5.90 Å². The van der Waals surface area contributed by atoms with Crippen LogP contribution in [0.15, 0.2) is 121 Å². The molecular weight excluding hydrogens is 486 g/mol. The molecular formula is C26H22MoOP2. The first-order valence-electron chi connectivity index (χ1n) is 9.37. The van der Waals surface area contributed by atoms with Gasteiger partial charge in [-0.2, -0.15) is 0 Å². The van der Waals surface area contributed by atoms with Crippen molar-refractivity contribution >= 4 is 37.1 Å². The molecule has 4 aromatic carbocycles. The van der Waals surface area contributed by atoms with E-state index in [0.29, 0.717) is 0 Å². The monoisotopic (exact) mass is 510 g/mol. The predicted molar refractivity (Wildman–Crippen MR) is 127 cm³/mol. The Bertz CT molecular complexity index is 833. The zero-order chi connectivity index (χ0) is 20.3. The first-order valence-corrected chi connectivity index (χ1v) is 12.4. The number of hydrogen-bond donors (Lipinski definition) is 0. The van der Waals surface area contributed by atoms with Crippen LogP contribution in [0.2, 0.25) is 0 Å². The van der Waals surface area contributed by atoms with Gasteiger partial charge >= 0.3 is 11.3 Å². The maximum atomic E-state index is 7.50. The van der Waals surface area contributed by atoms with Crippen molar-refractivity contribution in [2.75, 3.05) is 5.90 Å². The van der Waals surface area contributed by atoms with Gasteiger partial charge in [-0.3, -0.25) is 0 Å². The Hall–Kier alpha value is -1.83. The maximum Gasteiger partial charge on any atom is 0.00405 e. The Labute approximate surface area is 196 Å². The van der Waals surface area contributed by atoms with Crippen molar-refractivity contribution in [3.63, 3.8) is 0 Å². The molecule has 4 heteroatoms. The molecule has 0 spiro atoms. The van der Waals surface area contributed by atoms with Crippen LogP contribution in [0.1, 0.15) is 0 Å². The summed E-state index contributed by atoms with van der Waals surface area (Å²) in [5.74, 6) is 1.17. The van der Waals surface area contributed by atoms with Crippen LogP contribution < -0.4 is 21.2 Å². The van der Waals surface area contributed by atoms with E-state index in [-0.39, 0.29) is 21.1 Å². The van der Waals surface area contributed by atoms with Gasteiger partial charge in [0.2, 0.25) is 0 Å². The van der Waals surface area contributed by atoms with E-state index in [0.717, 1.165) is 0 Å². The minimum atomic E-state index is -0.409. The summed E-state index contributed by atoms with van der Waals surface area (Å²) >= 11 is 0. The SMILES string of the molecule is [C-]#[O+].[Mo].c1ccc(P(CP(c2ccccc2)c2ccccc2)c2ccccc2)cc1. The van der Waals surface area contributed by atoms with Crippen LogP contribution in [0.5, 0.6) is 0 Å². The van der Waals surface area contributed by atoms with Gasteiger partial charge in [0.25, 0.3) is 0 Å². The first kappa shape index (κ1) is 24.4. The van der Waals surface area contributed by atoms with Gasteiger partial charge in [0.05, 0.1) is 0 Å². The molecule has 30 heavy (non-hydrogen) atoms. The van der Waals surface area contributed by atoms with E-state index in [1.807, 2.05) is 0 Å². The molecule has 148 valence electrons. The molecule has 0 heterocycles. The molecule has 4 rings (SSSR count). The van der Waals surface area contributed by atoms with Crippen LogP contribution in [0.4, 0.5) is 0 Å². The van der Waals surface area contributed by atoms with Crippen LogP contribution in [0.25, 0.3) is 0 Å². The average Bonchev–Trinajstić information content (AvgIpc) is 2.83. The van der Waals surface area contributed by atoms with Gasteiger partial charge in [0.15, 0.2) is 0 Å². The van der Waals surface area contributed by atoms with Crippen molar-refractivity contribution < 1.29 is 25.7 Å². The van der Waals surface area contributed by atoms with Gasteiger partial charge in [0, 0.05) is 27.0 Å². The number of rotatable bonds is 6. The topological polar surface area (TPSA) is 19.9 Å². The third kappa shape index (κ3) is 6.59. The van der Waals surface area contributed by atoms with Gasteiger partial charge < -0.3 is 0 Å². The predicted octanol–water partition coefficient (Wildman–Crippen LogP) is 5.17. The van der Waals surface area contributed by atoms with Gasteiger partial charge in [0.1, 0.15) is 0 Å². The van der Waals surface area contributed by atoms with E-state index in [1.165, 1.54) is 27.1 Å². The molecule has 1 nitrogen and oxygen atoms in total. The van der Waals surface area contributed by atoms with E-state index in [1.54, 1.807) is 0 Å². The third-order valence-electron chi connectivity index (χ3n) is 4.55. The molecule has 0 fully saturated rings. The fraction of sp³-hybridized carbons (Fsp3) is 0.0385. The maximum absolute atomic E-state index is 7.50. The summed E-state index contributed by atoms with van der Waals surface area (Å²) in [6.07, 6.45) is 0. The summed E-state index contributed by atoms with van der Waals surface area (Å²) in [6.45, 7) is 4.50. The van der Waals surface area contributed by atoms with Crippen LogP contribution in [0, 0.1) is 6.65 Å². The van der Waals surface area contributed by atoms with Crippen molar-refractivity contribution in [3.8, 4) is 0 Å². The second-order valence-electron chi connectivity index (χ2n) is 6.34. The normalized spacial score (nSPS) is 10.0. The Morgan fingerprint density at radius 3 is 0.833 bits per heavy atom. The number of benzene rings is 4. The zero-order valence-electron chi connectivity index (χ0n) is 16.5. The summed E-state index contributed by atoms with van der Waals surface area (Å²) in [6, 6.07) is 44.1. The molecule has 0 atom stereocenters. The molecule has 0 amide bonds. The van der Waals surface area contributed by atoms with Gasteiger partial charge in [-0.15, -0.1) is 0 Å². The van der Waals surface area contributed by atoms with E-state index in [4.69, 9.17) is 4.65 Å². The van der Waals surface area contributed by atoms with Crippen LogP contribution in [0.3, 0.4) is 0 Å². The van der Waals surface area contributed by atoms with E-state index in [2.05, 4.69) is 128 Å². The van der Waals surface area contributed by atoms with Crippen molar-refractivity contribution in [2.24, 2.45) is 0 Å². The van der Waals surface area contributed by atoms with E-state index >= 15 is 0 Å². The standard InChI is InChI=1S/C25H22P2.CO.Mo/c1-5-13-22(14-6-1)26(23-15-7-2-8-16-23)21-27(24-17-9-3-10-18-24)25-19-11-4-12-20-25;1-2;/h1-20H,21H2;;. The average molecular weight is 508 g/mol. The zero-order valence-corrected chi connectivity index (χ0v) is 20.3. The van der Waals surface area contributed by atoms with E-state index in [9.17, 15) is 0 Å². The summed E-state index contributed by atoms with van der Waals surface area (Å²) in [5, 5.41) is 5.83. The second kappa shape index (κ2) is 13.5. The Kier molecular flexibility index (Phi) is 11.0. The number of hydrogen-bond acceptors (Lipinski definition) is 0. The molecule has 4 aromatic rings. The summed E-state index contributed by atoms with van der Waals surface area (Å²) in [7, 11) is -0.817. The van der Waals surface area contributed by atoms with Crippen molar-refractivity contribution in [1.82, 2.24) is 0 Å². The van der Waals surface area contributed by atoms with Gasteiger partial charge in [-0.05, 0) is 37.1 Å². The molecule has 0 aliphatic heterocycles. The minimum Gasteiger partial charge on any atom is -0.0622 e. The fourth-order valence-electron chi connectivity index (χ4n) is 3.20. The summed E-state index contributed by atoms with van der Waals surface area (Å²) in [4.78, 5) is 0. The van der Waals surface area contributed by atoms with Crippen LogP contribution in [-0.2, 0) is 25.7 Å². The Morgan fingerprint density at radius 1 is 0.433 bits per heavy atom. The third-order valence-corrected chi connectivity index (χ3v) is 10.5. The van der Waals surface area contributed by atoms with Crippen molar-refractivity contribution in [1.29, 1.82) is 0 Å². The van der Waals surface area contributed by atoms with Gasteiger partial charge in [-0.1, -0.05) is 121 Å². The molecule has 0 aliphatic rings. The summed E-state index contributed by atoms with van der Waals surface area (Å²) in [5.41, 5.74) is 0. The Balaban J connectivity index is 0.00000104. The molecule has 0 saturated heterocycles. The van der Waals surface area contributed by atoms with Crippen molar-refractivity contribution in [3.05, 3.63) is 128 Å². The van der Waals surface area contributed by atoms with Crippen LogP contribution >= 0.6 is 15.8 Å². The smallest absolute Gasteiger partial charge is 0.00405 e. The molecule has 0 bridgehead atoms. The first-order chi connectivity index (χ1) is 14.4. The molecule has 0 aliphatic carbocycles. The second-order valence-corrected chi connectivity index (χ2v) is 11.2. The van der Waals surface area contributed by atoms with Gasteiger partial charge in [-0.25, -0.2) is 0 Å². The molecule has 0 saturated carbocycles. The molecule has 0 unspecified atom stereocenters. The summed E-state index contributed by atoms with van der Waals surface area (Å²) < 4.78 is 7.50. The van der Waals surface area contributed by atoms with Crippen molar-refractivity contribution in [2.45, 2.75) is 0 Å². The minimum absolute atomic E-state index is 0. The molecule has 0 radical (unpaired) electrons. The largest absolute Gasteiger partial charge is 0.0622 e. The Morgan fingerprint density at radius 2 is 0.633 bits per heavy atom. The molecule has 0 aromatic heterocycles. The quantitative estimate of drug-likeness (QED) is 0.148. The fourth-order valence-corrected chi connectivity index (χ4v) is 9.67. The molecule has 0 N–H and O–H groups in total.